The summed E-state index contributed by atoms with van der Waals surface area (Å²) in [6.45, 7) is 5.14. The van der Waals surface area contributed by atoms with Crippen molar-refractivity contribution in [3.63, 3.8) is 0 Å². The highest BCUT2D eigenvalue weighted by molar-refractivity contribution is 7.99. The van der Waals surface area contributed by atoms with Crippen LogP contribution in [-0.2, 0) is 0 Å². The van der Waals surface area contributed by atoms with Crippen LogP contribution in [0.5, 0.6) is 5.75 Å². The van der Waals surface area contributed by atoms with Crippen LogP contribution in [0, 0.1) is 11.3 Å². The van der Waals surface area contributed by atoms with E-state index in [1.165, 1.54) is 0 Å². The van der Waals surface area contributed by atoms with Gasteiger partial charge in [0.05, 0.1) is 5.56 Å². The number of nitrogens with one attached hydrogen (secondary N) is 1. The SMILES string of the molecule is C=CCSCCNCC(O)COc1ccccc1C#N. The summed E-state index contributed by atoms with van der Waals surface area (Å²) in [5.41, 5.74) is 0.480. The molecule has 1 aromatic rings. The van der Waals surface area contributed by atoms with Crippen LogP contribution >= 0.6 is 11.8 Å². The predicted octanol–water partition coefficient (Wildman–Crippen LogP) is 1.81. The first kappa shape index (κ1) is 16.6. The molecule has 4 nitrogen and oxygen atoms in total. The van der Waals surface area contributed by atoms with E-state index in [1.54, 1.807) is 36.0 Å². The number of para-hydroxylation sites is 1. The van der Waals surface area contributed by atoms with Gasteiger partial charge in [-0.2, -0.15) is 17.0 Å². The van der Waals surface area contributed by atoms with Gasteiger partial charge in [-0.25, -0.2) is 0 Å². The molecule has 1 aromatic carbocycles. The zero-order chi connectivity index (χ0) is 14.6. The van der Waals surface area contributed by atoms with Crippen molar-refractivity contribution >= 4 is 11.8 Å². The molecule has 0 heterocycles. The normalized spacial score (nSPS) is 11.6. The molecule has 1 rings (SSSR count). The Labute approximate surface area is 124 Å². The maximum absolute atomic E-state index is 9.78. The molecular formula is C15H20N2O2S. The summed E-state index contributed by atoms with van der Waals surface area (Å²) in [5.74, 6) is 2.44. The third-order valence-electron chi connectivity index (χ3n) is 2.48. The number of ether oxygens (including phenoxy) is 1. The summed E-state index contributed by atoms with van der Waals surface area (Å²) in [7, 11) is 0. The third-order valence-corrected chi connectivity index (χ3v) is 3.44. The van der Waals surface area contributed by atoms with Crippen molar-refractivity contribution in [3.8, 4) is 11.8 Å². The first-order valence-corrected chi connectivity index (χ1v) is 7.62. The lowest BCUT2D eigenvalue weighted by atomic mass is 10.2. The molecule has 20 heavy (non-hydrogen) atoms. The fourth-order valence-electron chi connectivity index (χ4n) is 1.51. The summed E-state index contributed by atoms with van der Waals surface area (Å²) >= 11 is 1.79. The number of hydrogen-bond donors (Lipinski definition) is 2. The molecule has 0 aliphatic carbocycles. The highest BCUT2D eigenvalue weighted by Gasteiger charge is 2.07. The second-order valence-electron chi connectivity index (χ2n) is 4.14. The Kier molecular flexibility index (Phi) is 8.56. The van der Waals surface area contributed by atoms with Gasteiger partial charge in [0.2, 0.25) is 0 Å². The molecule has 0 aliphatic rings. The average Bonchev–Trinajstić information content (AvgIpc) is 2.49. The standard InChI is InChI=1S/C15H20N2O2S/c1-2-8-20-9-7-17-11-14(18)12-19-15-6-4-3-5-13(15)10-16/h2-6,14,17-18H,1,7-9,11-12H2. The highest BCUT2D eigenvalue weighted by atomic mass is 32.2. The van der Waals surface area contributed by atoms with Crippen molar-refractivity contribution in [1.82, 2.24) is 5.32 Å². The zero-order valence-corrected chi connectivity index (χ0v) is 12.2. The van der Waals surface area contributed by atoms with Crippen molar-refractivity contribution in [2.75, 3.05) is 31.2 Å². The fourth-order valence-corrected chi connectivity index (χ4v) is 2.13. The molecule has 0 radical (unpaired) electrons. The molecule has 0 aliphatic heterocycles. The van der Waals surface area contributed by atoms with Gasteiger partial charge < -0.3 is 15.2 Å². The van der Waals surface area contributed by atoms with Gasteiger partial charge in [0.15, 0.2) is 0 Å². The van der Waals surface area contributed by atoms with Gasteiger partial charge >= 0.3 is 0 Å². The van der Waals surface area contributed by atoms with Gasteiger partial charge in [-0.15, -0.1) is 6.58 Å². The summed E-state index contributed by atoms with van der Waals surface area (Å²) < 4.78 is 5.45. The molecule has 0 saturated heterocycles. The molecule has 0 bridgehead atoms. The highest BCUT2D eigenvalue weighted by Crippen LogP contribution is 2.16. The van der Waals surface area contributed by atoms with Crippen molar-refractivity contribution < 1.29 is 9.84 Å². The Morgan fingerprint density at radius 1 is 1.50 bits per heavy atom. The van der Waals surface area contributed by atoms with Crippen LogP contribution in [-0.4, -0.2) is 42.4 Å². The first-order chi connectivity index (χ1) is 9.77. The minimum Gasteiger partial charge on any atom is -0.489 e. The molecule has 5 heteroatoms. The lowest BCUT2D eigenvalue weighted by molar-refractivity contribution is 0.107. The molecule has 1 unspecified atom stereocenters. The first-order valence-electron chi connectivity index (χ1n) is 6.47. The number of hydrogen-bond acceptors (Lipinski definition) is 5. The van der Waals surface area contributed by atoms with E-state index in [0.29, 0.717) is 17.9 Å². The van der Waals surface area contributed by atoms with E-state index in [0.717, 1.165) is 18.1 Å². The van der Waals surface area contributed by atoms with Gasteiger partial charge in [-0.3, -0.25) is 0 Å². The van der Waals surface area contributed by atoms with Crippen LogP contribution in [0.3, 0.4) is 0 Å². The van der Waals surface area contributed by atoms with E-state index in [-0.39, 0.29) is 6.61 Å². The molecule has 0 spiro atoms. The molecule has 0 fully saturated rings. The Balaban J connectivity index is 2.18. The monoisotopic (exact) mass is 292 g/mol. The van der Waals surface area contributed by atoms with Crippen molar-refractivity contribution in [2.24, 2.45) is 0 Å². The van der Waals surface area contributed by atoms with Crippen molar-refractivity contribution in [3.05, 3.63) is 42.5 Å². The van der Waals surface area contributed by atoms with Gasteiger partial charge in [-0.1, -0.05) is 18.2 Å². The van der Waals surface area contributed by atoms with Crippen LogP contribution in [0.2, 0.25) is 0 Å². The minimum absolute atomic E-state index is 0.172. The molecule has 0 amide bonds. The summed E-state index contributed by atoms with van der Waals surface area (Å²) in [4.78, 5) is 0. The number of aliphatic hydroxyl groups is 1. The number of aliphatic hydroxyl groups excluding tert-OH is 1. The second-order valence-corrected chi connectivity index (χ2v) is 5.29. The number of thioether (sulfide) groups is 1. The van der Waals surface area contributed by atoms with Gasteiger partial charge in [0.25, 0.3) is 0 Å². The van der Waals surface area contributed by atoms with Crippen LogP contribution in [0.4, 0.5) is 0 Å². The topological polar surface area (TPSA) is 65.3 Å². The Bertz CT molecular complexity index is 446. The fraction of sp³-hybridized carbons (Fsp3) is 0.400. The van der Waals surface area contributed by atoms with Crippen LogP contribution in [0.1, 0.15) is 5.56 Å². The van der Waals surface area contributed by atoms with Gasteiger partial charge in [0.1, 0.15) is 24.5 Å². The Morgan fingerprint density at radius 2 is 2.30 bits per heavy atom. The van der Waals surface area contributed by atoms with Crippen LogP contribution in [0.25, 0.3) is 0 Å². The van der Waals surface area contributed by atoms with E-state index in [4.69, 9.17) is 10.00 Å². The van der Waals surface area contributed by atoms with E-state index in [1.807, 2.05) is 6.08 Å². The summed E-state index contributed by atoms with van der Waals surface area (Å²) in [6, 6.07) is 9.06. The second kappa shape index (κ2) is 10.3. The van der Waals surface area contributed by atoms with Gasteiger partial charge in [-0.05, 0) is 12.1 Å². The molecule has 108 valence electrons. The lowest BCUT2D eigenvalue weighted by Gasteiger charge is -2.13. The largest absolute Gasteiger partial charge is 0.489 e. The van der Waals surface area contributed by atoms with Crippen LogP contribution < -0.4 is 10.1 Å². The van der Waals surface area contributed by atoms with E-state index in [9.17, 15) is 5.11 Å². The third kappa shape index (κ3) is 6.62. The van der Waals surface area contributed by atoms with E-state index < -0.39 is 6.10 Å². The maximum Gasteiger partial charge on any atom is 0.137 e. The van der Waals surface area contributed by atoms with Crippen LogP contribution in [0.15, 0.2) is 36.9 Å². The number of rotatable bonds is 10. The number of nitrogens with zero attached hydrogens (tertiary/aromatic N) is 1. The number of benzene rings is 1. The summed E-state index contributed by atoms with van der Waals surface area (Å²) in [6.07, 6.45) is 1.28. The lowest BCUT2D eigenvalue weighted by Crippen LogP contribution is -2.32. The van der Waals surface area contributed by atoms with Crippen molar-refractivity contribution in [1.29, 1.82) is 5.26 Å². The predicted molar refractivity (Wildman–Crippen MR) is 83.1 cm³/mol. The average molecular weight is 292 g/mol. The summed E-state index contributed by atoms with van der Waals surface area (Å²) in [5, 5.41) is 21.9. The van der Waals surface area contributed by atoms with E-state index in [2.05, 4.69) is 18.0 Å². The molecule has 0 saturated carbocycles. The molecule has 0 aromatic heterocycles. The molecule has 2 N–H and O–H groups in total. The van der Waals surface area contributed by atoms with Gasteiger partial charge in [0, 0.05) is 24.6 Å². The zero-order valence-electron chi connectivity index (χ0n) is 11.4. The smallest absolute Gasteiger partial charge is 0.137 e. The Morgan fingerprint density at radius 3 is 3.05 bits per heavy atom. The van der Waals surface area contributed by atoms with E-state index >= 15 is 0 Å². The Hall–Kier alpha value is -1.48. The number of nitriles is 1. The quantitative estimate of drug-likeness (QED) is 0.508. The minimum atomic E-state index is -0.592. The maximum atomic E-state index is 9.78. The molecular weight excluding hydrogens is 272 g/mol. The molecule has 1 atom stereocenters. The van der Waals surface area contributed by atoms with Crippen molar-refractivity contribution in [2.45, 2.75) is 6.10 Å².